The van der Waals surface area contributed by atoms with Gasteiger partial charge in [-0.05, 0) is 61.7 Å². The minimum atomic E-state index is -3.90. The van der Waals surface area contributed by atoms with E-state index in [-0.39, 0.29) is 17.1 Å². The van der Waals surface area contributed by atoms with Gasteiger partial charge in [0, 0.05) is 17.4 Å². The third-order valence-electron chi connectivity index (χ3n) is 6.63. The van der Waals surface area contributed by atoms with Gasteiger partial charge in [0.05, 0.1) is 16.1 Å². The van der Waals surface area contributed by atoms with Crippen LogP contribution in [0.3, 0.4) is 0 Å². The number of ketones is 1. The average Bonchev–Trinajstić information content (AvgIpc) is 3.28. The number of benzene rings is 4. The summed E-state index contributed by atoms with van der Waals surface area (Å²) in [5.41, 5.74) is 6.44. The molecule has 0 saturated heterocycles. The highest BCUT2D eigenvalue weighted by molar-refractivity contribution is 7.90. The number of aromatic nitrogens is 1. The standard InChI is InChI=1S/C31H27NO3S/c1-21-9-14-25(15-10-21)31(33)20-27-23(3)13-18-29-28(27)19-30(24-7-5-4-6-8-24)32(29)36(34,35)26-16-11-22(2)12-17-26/h4-19H,20H2,1-3H3. The van der Waals surface area contributed by atoms with E-state index in [0.29, 0.717) is 16.8 Å². The fourth-order valence-electron chi connectivity index (χ4n) is 4.55. The van der Waals surface area contributed by atoms with E-state index in [4.69, 9.17) is 0 Å². The first-order valence-electron chi connectivity index (χ1n) is 11.9. The van der Waals surface area contributed by atoms with Crippen LogP contribution in [0.25, 0.3) is 22.2 Å². The summed E-state index contributed by atoms with van der Waals surface area (Å²) >= 11 is 0. The van der Waals surface area contributed by atoms with Gasteiger partial charge in [0.2, 0.25) is 0 Å². The fourth-order valence-corrected chi connectivity index (χ4v) is 6.07. The predicted molar refractivity (Wildman–Crippen MR) is 145 cm³/mol. The maximum Gasteiger partial charge on any atom is 0.268 e. The first-order valence-corrected chi connectivity index (χ1v) is 13.3. The van der Waals surface area contributed by atoms with Gasteiger partial charge in [-0.2, -0.15) is 0 Å². The van der Waals surface area contributed by atoms with Crippen molar-refractivity contribution in [2.24, 2.45) is 0 Å². The van der Waals surface area contributed by atoms with E-state index in [1.165, 1.54) is 3.97 Å². The molecule has 0 spiro atoms. The molecule has 4 aromatic carbocycles. The number of carbonyl (C=O) groups excluding carboxylic acids is 1. The SMILES string of the molecule is Cc1ccc(C(=O)Cc2c(C)ccc3c2cc(-c2ccccc2)n3S(=O)(=O)c2ccc(C)cc2)cc1. The summed E-state index contributed by atoms with van der Waals surface area (Å²) in [6.07, 6.45) is 0.190. The maximum absolute atomic E-state index is 14.0. The number of Topliss-reactive ketones (excluding diaryl/α,β-unsaturated/α-hetero) is 1. The first-order chi connectivity index (χ1) is 17.3. The second-order valence-corrected chi connectivity index (χ2v) is 11.0. The molecule has 0 amide bonds. The van der Waals surface area contributed by atoms with Crippen LogP contribution < -0.4 is 0 Å². The quantitative estimate of drug-likeness (QED) is 0.242. The zero-order valence-electron chi connectivity index (χ0n) is 20.5. The van der Waals surface area contributed by atoms with E-state index >= 15 is 0 Å². The molecular weight excluding hydrogens is 466 g/mol. The van der Waals surface area contributed by atoms with Crippen molar-refractivity contribution in [3.8, 4) is 11.3 Å². The van der Waals surface area contributed by atoms with Gasteiger partial charge in [0.1, 0.15) is 0 Å². The number of carbonyl (C=O) groups is 1. The number of fused-ring (bicyclic) bond motifs is 1. The molecule has 0 aliphatic carbocycles. The summed E-state index contributed by atoms with van der Waals surface area (Å²) in [6, 6.07) is 29.6. The molecule has 0 bridgehead atoms. The Labute approximate surface area is 211 Å². The van der Waals surface area contributed by atoms with Gasteiger partial charge >= 0.3 is 0 Å². The van der Waals surface area contributed by atoms with Gasteiger partial charge in [-0.15, -0.1) is 0 Å². The molecule has 5 aromatic rings. The first kappa shape index (κ1) is 23.8. The molecule has 1 heterocycles. The number of nitrogens with zero attached hydrogens (tertiary/aromatic N) is 1. The van der Waals surface area contributed by atoms with Crippen molar-refractivity contribution in [3.63, 3.8) is 0 Å². The smallest absolute Gasteiger partial charge is 0.268 e. The van der Waals surface area contributed by atoms with Crippen molar-refractivity contribution in [1.29, 1.82) is 0 Å². The highest BCUT2D eigenvalue weighted by Crippen LogP contribution is 2.35. The summed E-state index contributed by atoms with van der Waals surface area (Å²) in [7, 11) is -3.90. The van der Waals surface area contributed by atoms with E-state index in [1.807, 2.05) is 93.6 Å². The minimum absolute atomic E-state index is 0.000929. The van der Waals surface area contributed by atoms with Crippen molar-refractivity contribution in [2.75, 3.05) is 0 Å². The van der Waals surface area contributed by atoms with Crippen molar-refractivity contribution in [1.82, 2.24) is 3.97 Å². The summed E-state index contributed by atoms with van der Waals surface area (Å²) in [5.74, 6) is 0.000929. The van der Waals surface area contributed by atoms with E-state index in [1.54, 1.807) is 24.3 Å². The number of rotatable bonds is 6. The van der Waals surface area contributed by atoms with Gasteiger partial charge in [0.25, 0.3) is 10.0 Å². The fraction of sp³-hybridized carbons (Fsp3) is 0.129. The molecule has 0 aliphatic heterocycles. The molecule has 1 aromatic heterocycles. The minimum Gasteiger partial charge on any atom is -0.294 e. The van der Waals surface area contributed by atoms with Crippen LogP contribution in [0.5, 0.6) is 0 Å². The number of aryl methyl sites for hydroxylation is 3. The van der Waals surface area contributed by atoms with E-state index in [2.05, 4.69) is 0 Å². The Morgan fingerprint density at radius 3 is 2.00 bits per heavy atom. The lowest BCUT2D eigenvalue weighted by Crippen LogP contribution is -2.14. The van der Waals surface area contributed by atoms with E-state index < -0.39 is 10.0 Å². The van der Waals surface area contributed by atoms with Gasteiger partial charge in [0.15, 0.2) is 5.78 Å². The van der Waals surface area contributed by atoms with Crippen LogP contribution in [-0.4, -0.2) is 18.2 Å². The second-order valence-electron chi connectivity index (χ2n) is 9.24. The van der Waals surface area contributed by atoms with Crippen molar-refractivity contribution >= 4 is 26.7 Å². The lowest BCUT2D eigenvalue weighted by atomic mass is 9.96. The van der Waals surface area contributed by atoms with Crippen LogP contribution in [0.4, 0.5) is 0 Å². The van der Waals surface area contributed by atoms with Crippen LogP contribution in [0.1, 0.15) is 32.6 Å². The Hall–Kier alpha value is -3.96. The molecule has 5 heteroatoms. The maximum atomic E-state index is 14.0. The number of hydrogen-bond donors (Lipinski definition) is 0. The third kappa shape index (κ3) is 4.27. The molecule has 0 aliphatic rings. The Balaban J connectivity index is 1.73. The van der Waals surface area contributed by atoms with Crippen LogP contribution in [0, 0.1) is 20.8 Å². The molecular formula is C31H27NO3S. The second kappa shape index (κ2) is 9.25. The Bertz CT molecular complexity index is 1680. The summed E-state index contributed by atoms with van der Waals surface area (Å²) < 4.78 is 29.4. The van der Waals surface area contributed by atoms with Crippen LogP contribution >= 0.6 is 0 Å². The van der Waals surface area contributed by atoms with Crippen molar-refractivity contribution < 1.29 is 13.2 Å². The Morgan fingerprint density at radius 1 is 0.750 bits per heavy atom. The zero-order valence-corrected chi connectivity index (χ0v) is 21.3. The highest BCUT2D eigenvalue weighted by atomic mass is 32.2. The van der Waals surface area contributed by atoms with Gasteiger partial charge in [-0.3, -0.25) is 4.79 Å². The zero-order chi connectivity index (χ0) is 25.4. The normalized spacial score (nSPS) is 11.6. The summed E-state index contributed by atoms with van der Waals surface area (Å²) in [4.78, 5) is 13.4. The van der Waals surface area contributed by atoms with Crippen LogP contribution in [-0.2, 0) is 16.4 Å². The Morgan fingerprint density at radius 2 is 1.36 bits per heavy atom. The highest BCUT2D eigenvalue weighted by Gasteiger charge is 2.26. The monoisotopic (exact) mass is 493 g/mol. The topological polar surface area (TPSA) is 56.1 Å². The lowest BCUT2D eigenvalue weighted by molar-refractivity contribution is 0.0993. The molecule has 180 valence electrons. The van der Waals surface area contributed by atoms with E-state index in [9.17, 15) is 13.2 Å². The molecule has 0 unspecified atom stereocenters. The summed E-state index contributed by atoms with van der Waals surface area (Å²) in [5, 5.41) is 0.769. The largest absolute Gasteiger partial charge is 0.294 e. The molecule has 0 N–H and O–H groups in total. The third-order valence-corrected chi connectivity index (χ3v) is 8.37. The van der Waals surface area contributed by atoms with Crippen molar-refractivity contribution in [3.05, 3.63) is 125 Å². The van der Waals surface area contributed by atoms with Gasteiger partial charge in [-0.1, -0.05) is 83.9 Å². The average molecular weight is 494 g/mol. The van der Waals surface area contributed by atoms with Crippen molar-refractivity contribution in [2.45, 2.75) is 32.1 Å². The number of hydrogen-bond acceptors (Lipinski definition) is 3. The van der Waals surface area contributed by atoms with E-state index in [0.717, 1.165) is 33.2 Å². The Kier molecular flexibility index (Phi) is 6.10. The van der Waals surface area contributed by atoms with Crippen LogP contribution in [0.2, 0.25) is 0 Å². The molecule has 0 radical (unpaired) electrons. The van der Waals surface area contributed by atoms with Crippen LogP contribution in [0.15, 0.2) is 102 Å². The molecule has 0 atom stereocenters. The lowest BCUT2D eigenvalue weighted by Gasteiger charge is -2.13. The van der Waals surface area contributed by atoms with Gasteiger partial charge in [-0.25, -0.2) is 12.4 Å². The van der Waals surface area contributed by atoms with Gasteiger partial charge < -0.3 is 0 Å². The summed E-state index contributed by atoms with van der Waals surface area (Å²) in [6.45, 7) is 5.88. The molecule has 4 nitrogen and oxygen atoms in total. The molecule has 36 heavy (non-hydrogen) atoms. The molecule has 0 fully saturated rings. The molecule has 0 saturated carbocycles. The molecule has 5 rings (SSSR count). The predicted octanol–water partition coefficient (Wildman–Crippen LogP) is 6.90.